The maximum atomic E-state index is 13.1. The molecule has 0 atom stereocenters. The van der Waals surface area contributed by atoms with Crippen molar-refractivity contribution in [3.05, 3.63) is 70.8 Å². The molecule has 1 saturated heterocycles. The zero-order valence-corrected chi connectivity index (χ0v) is 20.2. The first-order valence-corrected chi connectivity index (χ1v) is 12.7. The number of carbonyl (C=O) groups excluding carboxylic acids is 1. The van der Waals surface area contributed by atoms with Crippen molar-refractivity contribution in [1.29, 1.82) is 0 Å². The van der Waals surface area contributed by atoms with Gasteiger partial charge in [-0.05, 0) is 74.6 Å². The van der Waals surface area contributed by atoms with Crippen LogP contribution in [0.15, 0.2) is 59.5 Å². The van der Waals surface area contributed by atoms with E-state index >= 15 is 0 Å². The molecule has 32 heavy (non-hydrogen) atoms. The van der Waals surface area contributed by atoms with E-state index in [9.17, 15) is 13.2 Å². The number of hydrogen-bond donors (Lipinski definition) is 0. The zero-order valence-electron chi connectivity index (χ0n) is 18.6. The smallest absolute Gasteiger partial charge is 0.315 e. The Morgan fingerprint density at radius 2 is 1.72 bits per heavy atom. The number of benzene rings is 2. The van der Waals surface area contributed by atoms with Crippen molar-refractivity contribution in [2.24, 2.45) is 5.41 Å². The summed E-state index contributed by atoms with van der Waals surface area (Å²) in [5.41, 5.74) is 2.10. The molecule has 0 radical (unpaired) electrons. The van der Waals surface area contributed by atoms with Gasteiger partial charge in [0.1, 0.15) is 0 Å². The van der Waals surface area contributed by atoms with Crippen LogP contribution in [0.3, 0.4) is 0 Å². The third-order valence-corrected chi connectivity index (χ3v) is 8.86. The molecule has 5 nitrogen and oxygen atoms in total. The molecular weight excluding hydrogens is 446 g/mol. The topological polar surface area (TPSA) is 63.7 Å². The van der Waals surface area contributed by atoms with Crippen LogP contribution in [0.2, 0.25) is 5.02 Å². The number of carbonyl (C=O) groups is 1. The van der Waals surface area contributed by atoms with Crippen LogP contribution >= 0.6 is 11.6 Å². The summed E-state index contributed by atoms with van der Waals surface area (Å²) < 4.78 is 33.2. The Balaban J connectivity index is 1.65. The number of ether oxygens (including phenoxy) is 1. The second kappa shape index (κ2) is 8.32. The van der Waals surface area contributed by atoms with Crippen LogP contribution in [0.25, 0.3) is 5.57 Å². The van der Waals surface area contributed by atoms with E-state index in [1.807, 2.05) is 39.0 Å². The van der Waals surface area contributed by atoms with Crippen molar-refractivity contribution in [2.45, 2.75) is 43.9 Å². The van der Waals surface area contributed by atoms with Crippen molar-refractivity contribution in [3.63, 3.8) is 0 Å². The summed E-state index contributed by atoms with van der Waals surface area (Å²) in [5, 5.41) is 0.506. The summed E-state index contributed by atoms with van der Waals surface area (Å²) >= 11 is 5.92. The van der Waals surface area contributed by atoms with Gasteiger partial charge >= 0.3 is 5.97 Å². The number of sulfonamides is 1. The summed E-state index contributed by atoms with van der Waals surface area (Å²) in [7, 11) is -3.59. The molecule has 1 aliphatic heterocycles. The first kappa shape index (κ1) is 23.0. The van der Waals surface area contributed by atoms with E-state index in [0.29, 0.717) is 37.6 Å². The summed E-state index contributed by atoms with van der Waals surface area (Å²) in [6, 6.07) is 14.4. The number of piperidine rings is 1. The Bertz CT molecular complexity index is 1160. The minimum atomic E-state index is -3.59. The average Bonchev–Trinajstić information content (AvgIpc) is 3.09. The van der Waals surface area contributed by atoms with Crippen molar-refractivity contribution in [3.8, 4) is 0 Å². The van der Waals surface area contributed by atoms with E-state index in [1.165, 1.54) is 0 Å². The molecule has 1 aliphatic carbocycles. The van der Waals surface area contributed by atoms with Gasteiger partial charge in [-0.25, -0.2) is 8.42 Å². The van der Waals surface area contributed by atoms with E-state index in [2.05, 4.69) is 12.1 Å². The van der Waals surface area contributed by atoms with Gasteiger partial charge in [-0.1, -0.05) is 41.9 Å². The van der Waals surface area contributed by atoms with Crippen molar-refractivity contribution in [2.75, 3.05) is 19.7 Å². The number of nitrogens with zero attached hydrogens (tertiary/aromatic N) is 1. The Kier molecular flexibility index (Phi) is 5.99. The van der Waals surface area contributed by atoms with Gasteiger partial charge in [0.2, 0.25) is 10.0 Å². The molecule has 2 aromatic carbocycles. The van der Waals surface area contributed by atoms with Gasteiger partial charge in [0, 0.05) is 23.5 Å². The molecule has 170 valence electrons. The lowest BCUT2D eigenvalue weighted by molar-refractivity contribution is -0.150. The molecule has 0 bridgehead atoms. The predicted molar refractivity (Wildman–Crippen MR) is 126 cm³/mol. The molecule has 2 aromatic rings. The third kappa shape index (κ3) is 3.78. The molecule has 1 fully saturated rings. The lowest BCUT2D eigenvalue weighted by Crippen LogP contribution is -2.43. The molecule has 0 saturated carbocycles. The summed E-state index contributed by atoms with van der Waals surface area (Å²) in [6.45, 7) is 6.74. The summed E-state index contributed by atoms with van der Waals surface area (Å²) in [6.07, 6.45) is 3.50. The number of allylic oxidation sites excluding steroid dienone is 1. The van der Waals surface area contributed by atoms with Gasteiger partial charge in [0.25, 0.3) is 0 Å². The number of halogens is 1. The third-order valence-electron chi connectivity index (χ3n) is 6.70. The molecular formula is C25H28ClNO4S. The number of fused-ring (bicyclic) bond motifs is 2. The van der Waals surface area contributed by atoms with Crippen molar-refractivity contribution in [1.82, 2.24) is 4.31 Å². The number of esters is 1. The fourth-order valence-corrected chi connectivity index (χ4v) is 6.38. The number of rotatable bonds is 5. The van der Waals surface area contributed by atoms with Gasteiger partial charge in [-0.2, -0.15) is 4.31 Å². The zero-order chi connectivity index (χ0) is 23.1. The minimum Gasteiger partial charge on any atom is -0.465 e. The van der Waals surface area contributed by atoms with Crippen LogP contribution in [-0.2, 0) is 25.0 Å². The van der Waals surface area contributed by atoms with E-state index < -0.39 is 15.4 Å². The van der Waals surface area contributed by atoms with E-state index in [1.54, 1.807) is 28.6 Å². The van der Waals surface area contributed by atoms with E-state index in [0.717, 1.165) is 16.7 Å². The summed E-state index contributed by atoms with van der Waals surface area (Å²) in [4.78, 5) is 13.0. The average molecular weight is 474 g/mol. The van der Waals surface area contributed by atoms with Gasteiger partial charge in [0.05, 0.1) is 16.9 Å². The first-order valence-electron chi connectivity index (χ1n) is 10.9. The van der Waals surface area contributed by atoms with E-state index in [4.69, 9.17) is 16.3 Å². The molecule has 0 amide bonds. The lowest BCUT2D eigenvalue weighted by Gasteiger charge is -2.38. The maximum absolute atomic E-state index is 13.1. The second-order valence-corrected chi connectivity index (χ2v) is 11.3. The van der Waals surface area contributed by atoms with Crippen LogP contribution < -0.4 is 0 Å². The molecule has 4 rings (SSSR count). The Morgan fingerprint density at radius 1 is 1.09 bits per heavy atom. The quantitative estimate of drug-likeness (QED) is 0.570. The highest BCUT2D eigenvalue weighted by atomic mass is 35.5. The molecule has 0 aromatic heterocycles. The Morgan fingerprint density at radius 3 is 2.34 bits per heavy atom. The SMILES string of the molecule is CCOC(=O)C(C)(C)C1=CC2(CCN(S(=O)(=O)c3ccc(Cl)cc3)CC2)c2ccccc21. The number of hydrogen-bond acceptors (Lipinski definition) is 4. The van der Waals surface area contributed by atoms with Gasteiger partial charge in [0.15, 0.2) is 0 Å². The highest BCUT2D eigenvalue weighted by Crippen LogP contribution is 2.52. The molecule has 0 N–H and O–H groups in total. The molecule has 1 spiro atoms. The Labute approximate surface area is 195 Å². The highest BCUT2D eigenvalue weighted by Gasteiger charge is 2.47. The maximum Gasteiger partial charge on any atom is 0.315 e. The summed E-state index contributed by atoms with van der Waals surface area (Å²) in [5.74, 6) is -0.249. The van der Waals surface area contributed by atoms with Crippen LogP contribution in [0.5, 0.6) is 0 Å². The van der Waals surface area contributed by atoms with Gasteiger partial charge in [-0.3, -0.25) is 4.79 Å². The largest absolute Gasteiger partial charge is 0.465 e. The Hall–Kier alpha value is -2.15. The van der Waals surface area contributed by atoms with Crippen LogP contribution in [0, 0.1) is 5.41 Å². The fourth-order valence-electron chi connectivity index (χ4n) is 4.82. The van der Waals surface area contributed by atoms with Crippen molar-refractivity contribution >= 4 is 33.2 Å². The lowest BCUT2D eigenvalue weighted by atomic mass is 9.75. The predicted octanol–water partition coefficient (Wildman–Crippen LogP) is 5.05. The standard InChI is InChI=1S/C25H28ClNO4S/c1-4-31-23(28)24(2,3)22-17-25(21-8-6-5-7-20(21)22)13-15-27(16-14-25)32(29,30)19-11-9-18(26)10-12-19/h5-12,17H,4,13-16H2,1-3H3. The monoisotopic (exact) mass is 473 g/mol. The van der Waals surface area contributed by atoms with Crippen LogP contribution in [-0.4, -0.2) is 38.4 Å². The van der Waals surface area contributed by atoms with E-state index in [-0.39, 0.29) is 16.3 Å². The molecule has 1 heterocycles. The molecule has 2 aliphatic rings. The highest BCUT2D eigenvalue weighted by molar-refractivity contribution is 7.89. The van der Waals surface area contributed by atoms with Gasteiger partial charge < -0.3 is 4.74 Å². The first-order chi connectivity index (χ1) is 15.1. The molecule has 0 unspecified atom stereocenters. The van der Waals surface area contributed by atoms with Crippen LogP contribution in [0.4, 0.5) is 0 Å². The fraction of sp³-hybridized carbons (Fsp3) is 0.400. The van der Waals surface area contributed by atoms with Crippen molar-refractivity contribution < 1.29 is 17.9 Å². The minimum absolute atomic E-state index is 0.249. The second-order valence-electron chi connectivity index (χ2n) is 8.96. The normalized spacial score (nSPS) is 18.3. The van der Waals surface area contributed by atoms with Gasteiger partial charge in [-0.15, -0.1) is 0 Å². The van der Waals surface area contributed by atoms with Crippen LogP contribution in [0.1, 0.15) is 44.7 Å². The molecule has 7 heteroatoms.